The molecule has 0 radical (unpaired) electrons. The summed E-state index contributed by atoms with van der Waals surface area (Å²) in [5.74, 6) is 3.45. The van der Waals surface area contributed by atoms with Gasteiger partial charge in [-0.3, -0.25) is 19.2 Å². The molecule has 0 bridgehead atoms. The van der Waals surface area contributed by atoms with E-state index in [-0.39, 0.29) is 35.5 Å². The lowest BCUT2D eigenvalue weighted by molar-refractivity contribution is -0.131. The number of nitrogens with zero attached hydrogens (tertiary/aromatic N) is 4. The van der Waals surface area contributed by atoms with Gasteiger partial charge in [0.25, 0.3) is 0 Å². The molecule has 3 aromatic rings. The van der Waals surface area contributed by atoms with Crippen molar-refractivity contribution < 1.29 is 47.3 Å². The Kier molecular flexibility index (Phi) is 41.0. The minimum absolute atomic E-state index is 0.00491. The molecule has 3 aliphatic rings. The van der Waals surface area contributed by atoms with E-state index in [1.165, 1.54) is 6.08 Å². The smallest absolute Gasteiger partial charge is 0.315 e. The summed E-state index contributed by atoms with van der Waals surface area (Å²) in [6.45, 7) is 31.7. The van der Waals surface area contributed by atoms with E-state index in [1.807, 2.05) is 110 Å². The molecule has 6 rings (SSSR count). The van der Waals surface area contributed by atoms with Gasteiger partial charge in [0, 0.05) is 95.0 Å². The third kappa shape index (κ3) is 30.5. The topological polar surface area (TPSA) is 215 Å². The molecule has 18 nitrogen and oxygen atoms in total. The molecule has 0 spiro atoms. The van der Waals surface area contributed by atoms with Crippen LogP contribution in [0.4, 0.5) is 20.6 Å². The quantitative estimate of drug-likeness (QED) is 0.0260. The number of carbonyl (C=O) groups excluding carboxylic acids is 5. The maximum absolute atomic E-state index is 14.4. The Balaban J connectivity index is 0.000000708. The minimum atomic E-state index is -0.273. The van der Waals surface area contributed by atoms with Gasteiger partial charge in [0.1, 0.15) is 17.4 Å². The van der Waals surface area contributed by atoms with Crippen LogP contribution in [0.2, 0.25) is 0 Å². The van der Waals surface area contributed by atoms with Gasteiger partial charge >= 0.3 is 6.03 Å². The number of halogens is 1. The zero-order valence-corrected chi connectivity index (χ0v) is 51.5. The zero-order chi connectivity index (χ0) is 60.2. The van der Waals surface area contributed by atoms with Crippen molar-refractivity contribution >= 4 is 58.9 Å². The Bertz CT molecular complexity index is 2290. The number of aryl methyl sites for hydroxylation is 3. The summed E-state index contributed by atoms with van der Waals surface area (Å²) in [6, 6.07) is 13.3. The third-order valence-electron chi connectivity index (χ3n) is 12.0. The molecule has 2 unspecified atom stereocenters. The van der Waals surface area contributed by atoms with E-state index in [0.717, 1.165) is 54.0 Å². The molecule has 3 aliphatic heterocycles. The number of hydrogen-bond acceptors (Lipinski definition) is 13. The average Bonchev–Trinajstić information content (AvgIpc) is 4.08. The highest BCUT2D eigenvalue weighted by atomic mass is 32.2. The van der Waals surface area contributed by atoms with Crippen molar-refractivity contribution in [2.24, 2.45) is 0 Å². The summed E-state index contributed by atoms with van der Waals surface area (Å²) in [5, 5.41) is 14.1. The van der Waals surface area contributed by atoms with Crippen LogP contribution in [0.25, 0.3) is 6.08 Å². The molecule has 5 N–H and O–H groups in total. The highest BCUT2D eigenvalue weighted by molar-refractivity contribution is 7.99. The Morgan fingerprint density at radius 1 is 0.765 bits per heavy atom. The molecule has 20 heteroatoms. The Morgan fingerprint density at radius 3 is 1.89 bits per heavy atom. The first-order valence-corrected chi connectivity index (χ1v) is 30.4. The number of nitrogens with one attached hydrogen (secondary N) is 5. The van der Waals surface area contributed by atoms with Crippen molar-refractivity contribution in [1.29, 1.82) is 0 Å². The molecule has 4 heterocycles. The lowest BCUT2D eigenvalue weighted by atomic mass is 10.1. The predicted molar refractivity (Wildman–Crippen MR) is 328 cm³/mol. The number of hydrogen-bond donors (Lipinski definition) is 5. The zero-order valence-electron chi connectivity index (χ0n) is 50.6. The van der Waals surface area contributed by atoms with Crippen LogP contribution in [0.1, 0.15) is 136 Å². The molecular weight excluding hydrogens is 1050 g/mol. The van der Waals surface area contributed by atoms with Crippen LogP contribution in [0.5, 0.6) is 11.6 Å². The molecule has 3 fully saturated rings. The monoisotopic (exact) mass is 1150 g/mol. The van der Waals surface area contributed by atoms with E-state index in [9.17, 15) is 28.4 Å². The standard InChI is InChI=1S/C32H53FN4O6.C18H19N3O2.C5H8N2OS.3C2H6/c1-3-5-9-30(38)34-14-7-20-41-22-24-43-25-23-42-21-8-15-35-31(39)10-6-11-32(40)37-18-16-36(17-19-37)29-13-12-27(4-2)26-28(29)33;1-5-8-16-12(3)19-13(4)20-18(16)23-15-10-7-9-14(11-15)21-17(22)6-2;8-5-6-3-1-9-2-4(3)7-5;3*1-2/h12-13,26H,3-11,14-25H2,1-2H3,(H,34,38)(H,35,39);5-11H,2H2,1,3-4H3,(H,21,22);3-4H,1-2H2,(H2,6,7,8);3*1-2H3/b;8-5-;;;;. The van der Waals surface area contributed by atoms with Crippen LogP contribution in [-0.2, 0) is 39.8 Å². The Hall–Kier alpha value is -6.09. The van der Waals surface area contributed by atoms with E-state index in [4.69, 9.17) is 18.9 Å². The van der Waals surface area contributed by atoms with E-state index in [2.05, 4.69) is 50.1 Å². The maximum Gasteiger partial charge on any atom is 0.315 e. The summed E-state index contributed by atoms with van der Waals surface area (Å²) in [7, 11) is 0. The largest absolute Gasteiger partial charge is 0.438 e. The van der Waals surface area contributed by atoms with Gasteiger partial charge in [-0.2, -0.15) is 16.7 Å². The molecule has 0 saturated carbocycles. The van der Waals surface area contributed by atoms with Gasteiger partial charge < -0.3 is 55.3 Å². The second kappa shape index (κ2) is 45.5. The van der Waals surface area contributed by atoms with Gasteiger partial charge in [-0.1, -0.05) is 92.7 Å². The number of urea groups is 1. The van der Waals surface area contributed by atoms with Crippen molar-refractivity contribution in [2.75, 3.05) is 101 Å². The molecule has 1 aromatic heterocycles. The molecule has 0 aliphatic carbocycles. The SMILES string of the molecule is C=CC(=O)Nc1cccc(Oc2nc(C)nc(C)c2/C=C\C)c1.CC.CC.CC.CCCCC(=O)NCCCOCCOCCOCCCNC(=O)CCCC(=O)N1CCN(c2ccc(CC)cc2F)CC1.O=C1NC2CSCC2N1. The Labute approximate surface area is 488 Å². The van der Waals surface area contributed by atoms with E-state index < -0.39 is 0 Å². The van der Waals surface area contributed by atoms with Crippen molar-refractivity contribution in [3.8, 4) is 11.6 Å². The van der Waals surface area contributed by atoms with Crippen molar-refractivity contribution in [1.82, 2.24) is 36.1 Å². The Morgan fingerprint density at radius 2 is 1.35 bits per heavy atom. The fourth-order valence-corrected chi connectivity index (χ4v) is 9.20. The second-order valence-corrected chi connectivity index (χ2v) is 19.0. The van der Waals surface area contributed by atoms with Crippen molar-refractivity contribution in [3.05, 3.63) is 89.7 Å². The van der Waals surface area contributed by atoms with Crippen LogP contribution >= 0.6 is 11.8 Å². The number of thioether (sulfide) groups is 1. The normalized spacial score (nSPS) is 14.7. The van der Waals surface area contributed by atoms with Crippen LogP contribution in [0.15, 0.2) is 61.2 Å². The number of unbranched alkanes of at least 4 members (excludes halogenated alkanes) is 1. The van der Waals surface area contributed by atoms with Crippen molar-refractivity contribution in [3.63, 3.8) is 0 Å². The van der Waals surface area contributed by atoms with Crippen LogP contribution in [-0.4, -0.2) is 147 Å². The number of benzene rings is 2. The van der Waals surface area contributed by atoms with Gasteiger partial charge in [0.2, 0.25) is 29.5 Å². The molecule has 2 aromatic carbocycles. The summed E-state index contributed by atoms with van der Waals surface area (Å²) in [6.07, 6.45) is 11.0. The van der Waals surface area contributed by atoms with Gasteiger partial charge in [0.05, 0.1) is 55.5 Å². The number of fused-ring (bicyclic) bond motifs is 1. The number of anilines is 2. The minimum Gasteiger partial charge on any atom is -0.438 e. The summed E-state index contributed by atoms with van der Waals surface area (Å²) in [4.78, 5) is 70.7. The molecule has 2 atom stereocenters. The number of carbonyl (C=O) groups is 5. The molecule has 81 heavy (non-hydrogen) atoms. The van der Waals surface area contributed by atoms with Gasteiger partial charge in [-0.25, -0.2) is 14.2 Å². The summed E-state index contributed by atoms with van der Waals surface area (Å²) in [5.41, 5.74) is 3.87. The molecule has 3 saturated heterocycles. The first kappa shape index (κ1) is 72.9. The number of rotatable bonds is 28. The first-order valence-electron chi connectivity index (χ1n) is 29.3. The number of ether oxygens (including phenoxy) is 4. The van der Waals surface area contributed by atoms with Gasteiger partial charge in [-0.05, 0) is 88.8 Å². The van der Waals surface area contributed by atoms with E-state index >= 15 is 0 Å². The average molecular weight is 1150 g/mol. The molecular formula is C61H98FN9O9S. The van der Waals surface area contributed by atoms with Crippen molar-refractivity contribution in [2.45, 2.75) is 146 Å². The lowest BCUT2D eigenvalue weighted by Gasteiger charge is -2.36. The molecule has 6 amide bonds. The number of amides is 6. The summed E-state index contributed by atoms with van der Waals surface area (Å²) >= 11 is 1.89. The highest BCUT2D eigenvalue weighted by Crippen LogP contribution is 2.28. The second-order valence-electron chi connectivity index (χ2n) is 18.0. The fourth-order valence-electron chi connectivity index (χ4n) is 7.93. The number of aromatic nitrogens is 2. The van der Waals surface area contributed by atoms with Gasteiger partial charge in [0.15, 0.2) is 0 Å². The van der Waals surface area contributed by atoms with E-state index in [0.29, 0.717) is 152 Å². The molecule has 454 valence electrons. The van der Waals surface area contributed by atoms with Crippen LogP contribution < -0.4 is 36.2 Å². The van der Waals surface area contributed by atoms with E-state index in [1.54, 1.807) is 35.2 Å². The number of allylic oxidation sites excluding steroid dienone is 1. The highest BCUT2D eigenvalue weighted by Gasteiger charge is 2.35. The third-order valence-corrected chi connectivity index (χ3v) is 13.2. The van der Waals surface area contributed by atoms with Crippen LogP contribution in [0.3, 0.4) is 0 Å². The predicted octanol–water partition coefficient (Wildman–Crippen LogP) is 10.4. The number of piperazine rings is 1. The summed E-state index contributed by atoms with van der Waals surface area (Å²) < 4.78 is 36.8. The first-order chi connectivity index (χ1) is 39.3. The van der Waals surface area contributed by atoms with Crippen LogP contribution in [0, 0.1) is 19.7 Å². The maximum atomic E-state index is 14.4. The fraction of sp³-hybridized carbons (Fsp3) is 0.590. The lowest BCUT2D eigenvalue weighted by Crippen LogP contribution is -2.49. The van der Waals surface area contributed by atoms with Gasteiger partial charge in [-0.15, -0.1) is 0 Å².